The quantitative estimate of drug-likeness (QED) is 0.00541. The van der Waals surface area contributed by atoms with Gasteiger partial charge in [0.1, 0.15) is 44.2 Å². The van der Waals surface area contributed by atoms with E-state index in [-0.39, 0.29) is 103 Å². The first-order valence-corrected chi connectivity index (χ1v) is 43.6. The molecule has 0 aromatic heterocycles. The van der Waals surface area contributed by atoms with Crippen LogP contribution in [0.2, 0.25) is 0 Å². The summed E-state index contributed by atoms with van der Waals surface area (Å²) < 4.78 is 152. The minimum absolute atomic E-state index is 0.0182. The van der Waals surface area contributed by atoms with Crippen LogP contribution in [0.5, 0.6) is 11.5 Å². The first-order chi connectivity index (χ1) is 54.4. The second-order valence-corrected chi connectivity index (χ2v) is 34.9. The molecule has 115 heavy (non-hydrogen) atoms. The molecule has 0 aliphatic heterocycles. The normalized spacial score (nSPS) is 12.0. The number of hydrogen-bond donors (Lipinski definition) is 14. The van der Waals surface area contributed by atoms with Crippen molar-refractivity contribution in [2.24, 2.45) is 10.2 Å². The predicted molar refractivity (Wildman–Crippen MR) is 476 cm³/mol. The molecule has 0 aliphatic rings. The Labute approximate surface area is 713 Å². The van der Waals surface area contributed by atoms with E-state index in [1.807, 2.05) is 60.7 Å². The predicted octanol–water partition coefficient (Wildman–Crippen LogP) is 13.8. The lowest BCUT2D eigenvalue weighted by molar-refractivity contribution is -0.120. The highest BCUT2D eigenvalue weighted by Crippen LogP contribution is 2.36. The number of nitrogens with one attached hydrogen (secondary N) is 8. The van der Waals surface area contributed by atoms with Crippen molar-refractivity contribution in [3.63, 3.8) is 0 Å². The van der Waals surface area contributed by atoms with Gasteiger partial charge in [-0.3, -0.25) is 27.8 Å². The third-order valence-electron chi connectivity index (χ3n) is 16.2. The maximum absolute atomic E-state index is 13.4. The molecule has 10 rings (SSSR count). The van der Waals surface area contributed by atoms with Crippen LogP contribution in [0.1, 0.15) is 33.4 Å². The van der Waals surface area contributed by atoms with Crippen LogP contribution in [0.4, 0.5) is 34.1 Å². The molecular formula is C74H62Br4N12O17S8. The number of ether oxygens (including phenoxy) is 1. The van der Waals surface area contributed by atoms with Gasteiger partial charge in [-0.25, -0.2) is 10.9 Å². The zero-order valence-electron chi connectivity index (χ0n) is 58.8. The molecule has 0 bridgehead atoms. The second-order valence-electron chi connectivity index (χ2n) is 24.3. The van der Waals surface area contributed by atoms with Crippen LogP contribution in [0.3, 0.4) is 0 Å². The lowest BCUT2D eigenvalue weighted by Crippen LogP contribution is -2.41. The Balaban J connectivity index is 0.707. The Kier molecular flexibility index (Phi) is 29.7. The third kappa shape index (κ3) is 24.7. The van der Waals surface area contributed by atoms with Crippen LogP contribution in [0, 0.1) is 0 Å². The van der Waals surface area contributed by atoms with Crippen LogP contribution in [-0.4, -0.2) is 146 Å². The largest absolute Gasteiger partial charge is 0.506 e. The fourth-order valence-electron chi connectivity index (χ4n) is 10.8. The van der Waals surface area contributed by atoms with Crippen LogP contribution >= 0.6 is 113 Å². The Morgan fingerprint density at radius 1 is 0.400 bits per heavy atom. The second kappa shape index (κ2) is 38.9. The fraction of sp³-hybridized carbons (Fsp3) is 0.0811. The van der Waals surface area contributed by atoms with Gasteiger partial charge in [0.05, 0.1) is 43.5 Å². The van der Waals surface area contributed by atoms with Crippen molar-refractivity contribution < 1.29 is 76.4 Å². The summed E-state index contributed by atoms with van der Waals surface area (Å²) in [6.07, 6.45) is 7.51. The number of hydrazone groups is 2. The van der Waals surface area contributed by atoms with Gasteiger partial charge < -0.3 is 56.7 Å². The number of anilines is 6. The monoisotopic (exact) mass is 1960 g/mol. The number of rotatable bonds is 28. The summed E-state index contributed by atoms with van der Waals surface area (Å²) in [5.41, 5.74) is 6.84. The van der Waals surface area contributed by atoms with Gasteiger partial charge in [0.15, 0.2) is 20.4 Å². The van der Waals surface area contributed by atoms with Gasteiger partial charge in [-0.2, -0.15) is 43.9 Å². The Morgan fingerprint density at radius 3 is 1.00 bits per heavy atom. The number of amides is 2. The third-order valence-corrected chi connectivity index (χ3v) is 23.4. The van der Waals surface area contributed by atoms with Gasteiger partial charge in [0.2, 0.25) is 0 Å². The van der Waals surface area contributed by atoms with Crippen molar-refractivity contribution in [3.8, 4) is 11.5 Å². The lowest BCUT2D eigenvalue weighted by Gasteiger charge is -2.25. The van der Waals surface area contributed by atoms with Crippen molar-refractivity contribution in [1.29, 1.82) is 0 Å². The Hall–Kier alpha value is -9.64. The maximum atomic E-state index is 13.4. The molecule has 10 aromatic carbocycles. The van der Waals surface area contributed by atoms with Gasteiger partial charge in [0.25, 0.3) is 52.3 Å². The van der Waals surface area contributed by atoms with E-state index in [2.05, 4.69) is 117 Å². The molecule has 0 aliphatic carbocycles. The number of halogens is 4. The summed E-state index contributed by atoms with van der Waals surface area (Å²) in [5.74, 6) is -1.27. The number of phenols is 2. The molecular weight excluding hydrogens is 1910 g/mol. The van der Waals surface area contributed by atoms with E-state index in [0.29, 0.717) is 40.4 Å². The minimum atomic E-state index is -4.99. The van der Waals surface area contributed by atoms with Crippen molar-refractivity contribution in [3.05, 3.63) is 233 Å². The minimum Gasteiger partial charge on any atom is -0.506 e. The molecule has 2 amide bonds. The first kappa shape index (κ1) is 87.7. The van der Waals surface area contributed by atoms with E-state index < -0.39 is 85.0 Å². The van der Waals surface area contributed by atoms with E-state index in [4.69, 9.17) is 53.6 Å². The van der Waals surface area contributed by atoms with Crippen LogP contribution in [-0.2, 0) is 54.8 Å². The number of aromatic hydroxyl groups is 2. The number of carbonyl (C=O) groups excluding carboxylic acids is 2. The number of benzene rings is 10. The molecule has 41 heteroatoms. The standard InChI is InChI=1S/C74H62Br4N12O17S8/c75-59-29-43(30-60(76)69(59)93)39-81-87-67(91)41-89(57-23-17-45-5-1-3-7-51(45)33-57)73(110)85-55-21-15-49(65(37-55)114(101,102)103)11-9-47-13-19-53(35-63(47)112(95,96)97)83-71(108)79-25-27-107-28-26-80-72(109)84-54-20-14-48(64(36-54)113(98,99)100)10-12-50-16-22-56(38-66(50)115(104,105)106)86-74(111)90(58-24-18-46-6-2-4-8-52(46)34-58)42-68(92)88-82-40-44-31-61(77)70(94)62(78)32-44/h1-24,29-40,93-94H,25-28,41-42H2,(H,85,110)(H,86,111)(H,87,91)(H,88,92)(H2,79,83,108)(H2,80,84,109)(H,95,96,97)(H,98,99,100)(H,101,102,103)(H,104,105,106)/b11-9+,12-10+,81-39-,82-40-. The molecule has 0 radical (unpaired) electrons. The van der Waals surface area contributed by atoms with E-state index in [1.54, 1.807) is 48.5 Å². The van der Waals surface area contributed by atoms with Crippen molar-refractivity contribution in [1.82, 2.24) is 21.5 Å². The Morgan fingerprint density at radius 2 is 0.696 bits per heavy atom. The number of phenolic OH excluding ortho intramolecular Hbond substituents is 2. The molecule has 0 heterocycles. The summed E-state index contributed by atoms with van der Waals surface area (Å²) >= 11 is 35.4. The SMILES string of the molecule is O=C(CN(C(=S)Nc1ccc(/C=C/c2ccc(NC(=S)NCCOCCNC(=S)Nc3ccc(/C=C/c4ccc(NC(=S)N(CC(=O)N/N=C\c5cc(Br)c(O)c(Br)c5)c5ccc6ccccc6c5)cc4S(=O)(=O)O)c(S(=O)(=O)O)c3)cc2S(=O)(=O)O)c(S(=O)(=O)O)c1)c1ccc2ccccc2c1)N/N=C\c1cc(Br)c(O)c(Br)c1. The zero-order valence-corrected chi connectivity index (χ0v) is 71.6. The lowest BCUT2D eigenvalue weighted by atomic mass is 10.1. The molecule has 29 nitrogen and oxygen atoms in total. The topological polar surface area (TPSA) is 429 Å². The van der Waals surface area contributed by atoms with E-state index in [1.165, 1.54) is 95.1 Å². The molecule has 0 spiro atoms. The summed E-state index contributed by atoms with van der Waals surface area (Å²) in [6.45, 7) is -0.344. The molecule has 14 N–H and O–H groups in total. The highest BCUT2D eigenvalue weighted by molar-refractivity contribution is 9.11. The van der Waals surface area contributed by atoms with Crippen LogP contribution in [0.25, 0.3) is 45.8 Å². The van der Waals surface area contributed by atoms with E-state index >= 15 is 0 Å². The number of nitrogens with zero attached hydrogens (tertiary/aromatic N) is 4. The van der Waals surface area contributed by atoms with Gasteiger partial charge in [0, 0.05) is 47.2 Å². The van der Waals surface area contributed by atoms with Crippen LogP contribution < -0.4 is 52.6 Å². The first-order valence-electron chi connectivity index (χ1n) is 33.1. The number of carbonyl (C=O) groups is 2. The van der Waals surface area contributed by atoms with Gasteiger partial charge in [-0.1, -0.05) is 109 Å². The number of fused-ring (bicyclic) bond motifs is 2. The van der Waals surface area contributed by atoms with E-state index in [9.17, 15) is 71.7 Å². The fourth-order valence-corrected chi connectivity index (χ4v) is 17.1. The maximum Gasteiger partial charge on any atom is 0.295 e. The molecule has 0 saturated heterocycles. The average molecular weight is 1970 g/mol. The molecule has 0 atom stereocenters. The van der Waals surface area contributed by atoms with Gasteiger partial charge >= 0.3 is 0 Å². The molecule has 0 fully saturated rings. The Bertz CT molecular complexity index is 5740. The molecule has 0 unspecified atom stereocenters. The summed E-state index contributed by atoms with van der Waals surface area (Å²) in [4.78, 5) is 27.3. The van der Waals surface area contributed by atoms with Crippen molar-refractivity contribution >= 4 is 278 Å². The molecule has 596 valence electrons. The van der Waals surface area contributed by atoms with Crippen LogP contribution in [0.15, 0.2) is 230 Å². The highest BCUT2D eigenvalue weighted by atomic mass is 79.9. The summed E-state index contributed by atoms with van der Waals surface area (Å²) in [6, 6.07) is 47.2. The average Bonchev–Trinajstić information content (AvgIpc) is 0.803. The van der Waals surface area contributed by atoms with Crippen molar-refractivity contribution in [2.45, 2.75) is 19.6 Å². The van der Waals surface area contributed by atoms with Crippen molar-refractivity contribution in [2.75, 3.05) is 70.5 Å². The van der Waals surface area contributed by atoms with Gasteiger partial charge in [-0.05, 0) is 265 Å². The van der Waals surface area contributed by atoms with E-state index in [0.717, 1.165) is 45.8 Å². The summed E-state index contributed by atoms with van der Waals surface area (Å²) in [7, 11) is -19.9. The smallest absolute Gasteiger partial charge is 0.295 e. The number of hydrogen-bond acceptors (Lipinski definition) is 19. The number of thiocarbonyl (C=S) groups is 4. The van der Waals surface area contributed by atoms with Gasteiger partial charge in [-0.15, -0.1) is 0 Å². The molecule has 10 aromatic rings. The molecule has 0 saturated carbocycles. The highest BCUT2D eigenvalue weighted by Gasteiger charge is 2.25. The zero-order chi connectivity index (χ0) is 83.1. The summed E-state index contributed by atoms with van der Waals surface area (Å²) in [5, 5.41) is 48.8.